The minimum absolute atomic E-state index is 0. The van der Waals surface area contributed by atoms with Crippen molar-refractivity contribution in [3.05, 3.63) is 0 Å². The van der Waals surface area contributed by atoms with E-state index < -0.39 is 0 Å². The molecule has 2 nitrogen and oxygen atoms in total. The molecule has 1 saturated heterocycles. The lowest BCUT2D eigenvalue weighted by Crippen LogP contribution is -2.33. The zero-order valence-electron chi connectivity index (χ0n) is 7.52. The predicted molar refractivity (Wildman–Crippen MR) is 102 cm³/mol. The molecular weight excluding hydrogens is 440 g/mol. The summed E-state index contributed by atoms with van der Waals surface area (Å²) in [6.07, 6.45) is 2.90. The second-order valence-corrected chi connectivity index (χ2v) is 2.95. The van der Waals surface area contributed by atoms with E-state index in [0.29, 0.717) is 11.9 Å². The lowest BCUT2D eigenvalue weighted by Gasteiger charge is -2.22. The second kappa shape index (κ2) is 22.1. The molecule has 0 aromatic heterocycles. The molecule has 1 aliphatic heterocycles. The molecule has 1 atom stereocenters. The van der Waals surface area contributed by atoms with Gasteiger partial charge in [-0.1, -0.05) is 44.1 Å². The first kappa shape index (κ1) is 36.1. The van der Waals surface area contributed by atoms with E-state index in [1.54, 1.807) is 0 Å². The van der Waals surface area contributed by atoms with Crippen LogP contribution < -0.4 is 0 Å². The number of nitrogens with zero attached hydrogens (tertiary/aromatic N) is 1. The quantitative estimate of drug-likeness (QED) is 0.426. The van der Waals surface area contributed by atoms with E-state index in [-0.39, 0.29) is 37.1 Å². The van der Waals surface area contributed by atoms with Crippen LogP contribution in [0, 0.1) is 0 Å². The SMILES string of the molecule is C.C.C.C.C.CCC(C)N1CCCC1=O.II. The van der Waals surface area contributed by atoms with Crippen LogP contribution in [0.3, 0.4) is 0 Å². The molecular formula is C13H35I2NO. The number of carbonyl (C=O) groups excluding carboxylic acids is 1. The zero-order chi connectivity index (χ0) is 9.56. The van der Waals surface area contributed by atoms with Crippen LogP contribution in [0.15, 0.2) is 0 Å². The van der Waals surface area contributed by atoms with Gasteiger partial charge in [-0.15, -0.1) is 0 Å². The third-order valence-electron chi connectivity index (χ3n) is 2.23. The topological polar surface area (TPSA) is 20.3 Å². The minimum atomic E-state index is 0. The van der Waals surface area contributed by atoms with E-state index in [2.05, 4.69) is 51.1 Å². The van der Waals surface area contributed by atoms with E-state index in [0.717, 1.165) is 25.8 Å². The molecule has 0 N–H and O–H groups in total. The molecule has 0 radical (unpaired) electrons. The van der Waals surface area contributed by atoms with Gasteiger partial charge in [0.25, 0.3) is 0 Å². The molecule has 1 amide bonds. The van der Waals surface area contributed by atoms with E-state index in [9.17, 15) is 4.79 Å². The largest absolute Gasteiger partial charge is 0.340 e. The average Bonchev–Trinajstić information content (AvgIpc) is 2.54. The van der Waals surface area contributed by atoms with E-state index in [4.69, 9.17) is 0 Å². The highest BCUT2D eigenvalue weighted by atomic mass is 128. The summed E-state index contributed by atoms with van der Waals surface area (Å²) in [5.41, 5.74) is 0. The molecule has 0 spiro atoms. The van der Waals surface area contributed by atoms with E-state index >= 15 is 0 Å². The fourth-order valence-electron chi connectivity index (χ4n) is 1.36. The molecule has 4 heteroatoms. The summed E-state index contributed by atoms with van der Waals surface area (Å²) in [5.74, 6) is 0.342. The highest BCUT2D eigenvalue weighted by Gasteiger charge is 2.23. The van der Waals surface area contributed by atoms with Gasteiger partial charge in [0, 0.05) is 56.2 Å². The molecule has 1 rings (SSSR count). The van der Waals surface area contributed by atoms with Crippen LogP contribution >= 0.6 is 37.2 Å². The van der Waals surface area contributed by atoms with Crippen LogP contribution in [0.4, 0.5) is 0 Å². The lowest BCUT2D eigenvalue weighted by atomic mass is 10.2. The summed E-state index contributed by atoms with van der Waals surface area (Å²) in [7, 11) is 0. The Hall–Kier alpha value is 0.930. The van der Waals surface area contributed by atoms with Gasteiger partial charge in [0.1, 0.15) is 0 Å². The molecule has 0 aromatic carbocycles. The smallest absolute Gasteiger partial charge is 0.222 e. The maximum absolute atomic E-state index is 11.1. The number of hydrogen-bond donors (Lipinski definition) is 0. The van der Waals surface area contributed by atoms with Crippen molar-refractivity contribution in [3.63, 3.8) is 0 Å². The number of carbonyl (C=O) groups is 1. The van der Waals surface area contributed by atoms with Gasteiger partial charge < -0.3 is 4.90 Å². The summed E-state index contributed by atoms with van der Waals surface area (Å²) < 4.78 is 0. The van der Waals surface area contributed by atoms with Gasteiger partial charge in [0.2, 0.25) is 5.91 Å². The maximum atomic E-state index is 11.1. The summed E-state index contributed by atoms with van der Waals surface area (Å²) >= 11 is 4.24. The highest BCUT2D eigenvalue weighted by molar-refractivity contribution is 15.0. The Labute approximate surface area is 135 Å². The normalized spacial score (nSPS) is 13.2. The third kappa shape index (κ3) is 13.2. The number of amides is 1. The number of likely N-dealkylation sites (tertiary alicyclic amines) is 1. The fraction of sp³-hybridized carbons (Fsp3) is 0.923. The summed E-state index contributed by atoms with van der Waals surface area (Å²) in [6.45, 7) is 5.22. The van der Waals surface area contributed by atoms with Gasteiger partial charge >= 0.3 is 0 Å². The molecule has 1 heterocycles. The van der Waals surface area contributed by atoms with Crippen molar-refractivity contribution in [1.29, 1.82) is 0 Å². The zero-order valence-corrected chi connectivity index (χ0v) is 11.8. The van der Waals surface area contributed by atoms with Crippen molar-refractivity contribution in [2.24, 2.45) is 0 Å². The predicted octanol–water partition coefficient (Wildman–Crippen LogP) is 6.36. The molecule has 0 saturated carbocycles. The van der Waals surface area contributed by atoms with Gasteiger partial charge in [-0.25, -0.2) is 0 Å². The van der Waals surface area contributed by atoms with E-state index in [1.165, 1.54) is 0 Å². The first-order valence-corrected chi connectivity index (χ1v) is 10.5. The Bertz CT molecular complexity index is 143. The van der Waals surface area contributed by atoms with Crippen molar-refractivity contribution in [2.45, 2.75) is 76.3 Å². The van der Waals surface area contributed by atoms with Crippen molar-refractivity contribution in [3.8, 4) is 0 Å². The van der Waals surface area contributed by atoms with Crippen LogP contribution in [0.25, 0.3) is 0 Å². The molecule has 0 bridgehead atoms. The van der Waals surface area contributed by atoms with Crippen molar-refractivity contribution >= 4 is 43.1 Å². The molecule has 112 valence electrons. The van der Waals surface area contributed by atoms with Crippen LogP contribution in [-0.4, -0.2) is 23.4 Å². The Kier molecular flexibility index (Phi) is 47.0. The number of rotatable bonds is 2. The first-order valence-electron chi connectivity index (χ1n) is 4.19. The molecule has 1 fully saturated rings. The standard InChI is InChI=1S/C8H15NO.5CH4.I2/c1-3-7(2)9-6-4-5-8(9)10;;;;;;1-2/h7H,3-6H2,1-2H3;5*1H4;. The van der Waals surface area contributed by atoms with Gasteiger partial charge in [-0.3, -0.25) is 4.79 Å². The molecule has 0 aliphatic carbocycles. The van der Waals surface area contributed by atoms with Crippen LogP contribution in [0.1, 0.15) is 70.2 Å². The number of halogens is 2. The van der Waals surface area contributed by atoms with Crippen molar-refractivity contribution in [2.75, 3.05) is 6.54 Å². The van der Waals surface area contributed by atoms with Crippen LogP contribution in [0.2, 0.25) is 0 Å². The van der Waals surface area contributed by atoms with Crippen molar-refractivity contribution < 1.29 is 4.79 Å². The van der Waals surface area contributed by atoms with E-state index in [1.807, 2.05) is 4.90 Å². The first-order chi connectivity index (χ1) is 5.75. The highest BCUT2D eigenvalue weighted by Crippen LogP contribution is 2.14. The molecule has 0 aromatic rings. The molecule has 17 heavy (non-hydrogen) atoms. The summed E-state index contributed by atoms with van der Waals surface area (Å²) in [6, 6.07) is 0.454. The minimum Gasteiger partial charge on any atom is -0.340 e. The maximum Gasteiger partial charge on any atom is 0.222 e. The van der Waals surface area contributed by atoms with Gasteiger partial charge in [0.05, 0.1) is 0 Å². The Morgan fingerprint density at radius 3 is 1.82 bits per heavy atom. The Morgan fingerprint density at radius 2 is 1.59 bits per heavy atom. The van der Waals surface area contributed by atoms with Gasteiger partial charge in [-0.05, 0) is 19.8 Å². The summed E-state index contributed by atoms with van der Waals surface area (Å²) in [4.78, 5) is 13.1. The third-order valence-corrected chi connectivity index (χ3v) is 2.23. The molecule has 1 unspecified atom stereocenters. The fourth-order valence-corrected chi connectivity index (χ4v) is 1.36. The summed E-state index contributed by atoms with van der Waals surface area (Å²) in [5, 5.41) is 0. The second-order valence-electron chi connectivity index (χ2n) is 2.95. The van der Waals surface area contributed by atoms with Crippen LogP contribution in [0.5, 0.6) is 0 Å². The molecule has 1 aliphatic rings. The monoisotopic (exact) mass is 475 g/mol. The van der Waals surface area contributed by atoms with Gasteiger partial charge in [0.15, 0.2) is 0 Å². The van der Waals surface area contributed by atoms with Crippen LogP contribution in [-0.2, 0) is 4.79 Å². The Morgan fingerprint density at radius 1 is 1.18 bits per heavy atom. The number of hydrogen-bond acceptors (Lipinski definition) is 1. The Balaban J connectivity index is -0.0000000411. The van der Waals surface area contributed by atoms with Gasteiger partial charge in [-0.2, -0.15) is 0 Å². The average molecular weight is 475 g/mol. The van der Waals surface area contributed by atoms with Crippen molar-refractivity contribution in [1.82, 2.24) is 4.90 Å². The lowest BCUT2D eigenvalue weighted by molar-refractivity contribution is -0.129.